The number of benzene rings is 1. The highest BCUT2D eigenvalue weighted by Gasteiger charge is 2.27. The molecule has 0 spiro atoms. The van der Waals surface area contributed by atoms with Crippen LogP contribution in [-0.4, -0.2) is 33.1 Å². The summed E-state index contributed by atoms with van der Waals surface area (Å²) in [7, 11) is 0. The lowest BCUT2D eigenvalue weighted by molar-refractivity contribution is 0.181. The summed E-state index contributed by atoms with van der Waals surface area (Å²) in [6.07, 6.45) is 2.22. The smallest absolute Gasteiger partial charge is 0.232 e. The number of hydrogen-bond donors (Lipinski definition) is 0. The predicted molar refractivity (Wildman–Crippen MR) is 94.3 cm³/mol. The molecular weight excluding hydrogens is 316 g/mol. The first-order valence-electron chi connectivity index (χ1n) is 8.90. The quantitative estimate of drug-likeness (QED) is 0.720. The lowest BCUT2D eigenvalue weighted by Crippen LogP contribution is -2.34. The van der Waals surface area contributed by atoms with E-state index in [1.807, 2.05) is 24.3 Å². The van der Waals surface area contributed by atoms with Gasteiger partial charge in [0.1, 0.15) is 5.52 Å². The van der Waals surface area contributed by atoms with Crippen LogP contribution in [0.15, 0.2) is 33.2 Å². The van der Waals surface area contributed by atoms with Crippen molar-refractivity contribution in [2.24, 2.45) is 0 Å². The number of hydrogen-bond acceptors (Lipinski definition) is 6. The van der Waals surface area contributed by atoms with Gasteiger partial charge in [-0.1, -0.05) is 38.1 Å². The zero-order chi connectivity index (χ0) is 17.4. The molecule has 1 aliphatic rings. The predicted octanol–water partition coefficient (Wildman–Crippen LogP) is 3.89. The molecule has 0 N–H and O–H groups in total. The number of aromatic nitrogens is 3. The number of nitrogens with zero attached hydrogens (tertiary/aromatic N) is 4. The highest BCUT2D eigenvalue weighted by atomic mass is 16.5. The first-order chi connectivity index (χ1) is 12.0. The summed E-state index contributed by atoms with van der Waals surface area (Å²) in [6.45, 7) is 8.88. The summed E-state index contributed by atoms with van der Waals surface area (Å²) < 4.78 is 11.4. The van der Waals surface area contributed by atoms with E-state index in [2.05, 4.69) is 40.8 Å². The third kappa shape index (κ3) is 3.44. The molecule has 2 aromatic heterocycles. The number of oxazole rings is 1. The van der Waals surface area contributed by atoms with E-state index in [0.29, 0.717) is 18.4 Å². The second-order valence-electron chi connectivity index (χ2n) is 7.86. The molecule has 3 heterocycles. The standard InChI is InChI=1S/C19H24N4O2/c1-19(2,3)18-21-16(22-25-18)12-23-10-6-7-13(11-23)17-20-14-8-4-5-9-15(14)24-17/h4-5,8-9,13H,6-7,10-12H2,1-3H3. The summed E-state index contributed by atoms with van der Waals surface area (Å²) in [4.78, 5) is 11.6. The van der Waals surface area contributed by atoms with E-state index >= 15 is 0 Å². The van der Waals surface area contributed by atoms with Crippen molar-refractivity contribution in [1.29, 1.82) is 0 Å². The van der Waals surface area contributed by atoms with Gasteiger partial charge in [-0.3, -0.25) is 4.90 Å². The first-order valence-corrected chi connectivity index (χ1v) is 8.90. The van der Waals surface area contributed by atoms with Crippen LogP contribution in [0.2, 0.25) is 0 Å². The molecule has 1 fully saturated rings. The summed E-state index contributed by atoms with van der Waals surface area (Å²) >= 11 is 0. The van der Waals surface area contributed by atoms with Crippen LogP contribution in [0.25, 0.3) is 11.1 Å². The Morgan fingerprint density at radius 3 is 2.80 bits per heavy atom. The Labute approximate surface area is 147 Å². The zero-order valence-corrected chi connectivity index (χ0v) is 15.0. The van der Waals surface area contributed by atoms with Gasteiger partial charge in [0.2, 0.25) is 5.89 Å². The van der Waals surface area contributed by atoms with E-state index in [0.717, 1.165) is 48.7 Å². The molecule has 6 nitrogen and oxygen atoms in total. The van der Waals surface area contributed by atoms with Gasteiger partial charge in [-0.25, -0.2) is 4.98 Å². The molecule has 0 saturated carbocycles. The number of para-hydroxylation sites is 2. The third-order valence-corrected chi connectivity index (χ3v) is 4.64. The van der Waals surface area contributed by atoms with E-state index < -0.39 is 0 Å². The minimum atomic E-state index is -0.117. The van der Waals surface area contributed by atoms with E-state index in [1.165, 1.54) is 0 Å². The van der Waals surface area contributed by atoms with E-state index in [1.54, 1.807) is 0 Å². The topological polar surface area (TPSA) is 68.2 Å². The van der Waals surface area contributed by atoms with Gasteiger partial charge in [-0.2, -0.15) is 4.98 Å². The monoisotopic (exact) mass is 340 g/mol. The van der Waals surface area contributed by atoms with Crippen LogP contribution in [0.1, 0.15) is 57.1 Å². The van der Waals surface area contributed by atoms with Crippen molar-refractivity contribution in [3.63, 3.8) is 0 Å². The summed E-state index contributed by atoms with van der Waals surface area (Å²) in [5, 5.41) is 4.14. The van der Waals surface area contributed by atoms with Gasteiger partial charge < -0.3 is 8.94 Å². The fraction of sp³-hybridized carbons (Fsp3) is 0.526. The second kappa shape index (κ2) is 6.26. The molecule has 1 saturated heterocycles. The summed E-state index contributed by atoms with van der Waals surface area (Å²) in [6, 6.07) is 7.94. The van der Waals surface area contributed by atoms with Crippen LogP contribution >= 0.6 is 0 Å². The minimum Gasteiger partial charge on any atom is -0.440 e. The van der Waals surface area contributed by atoms with Crippen molar-refractivity contribution in [2.45, 2.75) is 51.5 Å². The van der Waals surface area contributed by atoms with Crippen molar-refractivity contribution in [3.05, 3.63) is 41.9 Å². The Balaban J connectivity index is 1.46. The average Bonchev–Trinajstić information content (AvgIpc) is 3.21. The maximum atomic E-state index is 5.97. The highest BCUT2D eigenvalue weighted by Crippen LogP contribution is 2.29. The average molecular weight is 340 g/mol. The van der Waals surface area contributed by atoms with Crippen LogP contribution < -0.4 is 0 Å². The molecular formula is C19H24N4O2. The van der Waals surface area contributed by atoms with Gasteiger partial charge >= 0.3 is 0 Å². The molecule has 1 aliphatic heterocycles. The van der Waals surface area contributed by atoms with Gasteiger partial charge in [-0.15, -0.1) is 0 Å². The molecule has 0 bridgehead atoms. The van der Waals surface area contributed by atoms with E-state index in [4.69, 9.17) is 8.94 Å². The van der Waals surface area contributed by atoms with E-state index in [9.17, 15) is 0 Å². The Morgan fingerprint density at radius 1 is 1.20 bits per heavy atom. The van der Waals surface area contributed by atoms with Gasteiger partial charge in [0.05, 0.1) is 6.54 Å². The third-order valence-electron chi connectivity index (χ3n) is 4.64. The Bertz CT molecular complexity index is 829. The Hall–Kier alpha value is -2.21. The fourth-order valence-corrected chi connectivity index (χ4v) is 3.29. The maximum Gasteiger partial charge on any atom is 0.232 e. The summed E-state index contributed by atoms with van der Waals surface area (Å²) in [5.41, 5.74) is 1.68. The molecule has 132 valence electrons. The van der Waals surface area contributed by atoms with Crippen LogP contribution in [0.4, 0.5) is 0 Å². The van der Waals surface area contributed by atoms with Crippen molar-refractivity contribution < 1.29 is 8.94 Å². The van der Waals surface area contributed by atoms with Gasteiger partial charge in [0.15, 0.2) is 17.3 Å². The van der Waals surface area contributed by atoms with Gasteiger partial charge in [0.25, 0.3) is 0 Å². The van der Waals surface area contributed by atoms with Crippen LogP contribution in [0.3, 0.4) is 0 Å². The van der Waals surface area contributed by atoms with Crippen molar-refractivity contribution >= 4 is 11.1 Å². The molecule has 0 radical (unpaired) electrons. The van der Waals surface area contributed by atoms with Crippen molar-refractivity contribution in [2.75, 3.05) is 13.1 Å². The highest BCUT2D eigenvalue weighted by molar-refractivity contribution is 5.72. The largest absolute Gasteiger partial charge is 0.440 e. The lowest BCUT2D eigenvalue weighted by Gasteiger charge is -2.30. The van der Waals surface area contributed by atoms with Crippen molar-refractivity contribution in [3.8, 4) is 0 Å². The number of fused-ring (bicyclic) bond motifs is 1. The van der Waals surface area contributed by atoms with E-state index in [-0.39, 0.29) is 5.41 Å². The van der Waals surface area contributed by atoms with Crippen LogP contribution in [0.5, 0.6) is 0 Å². The molecule has 0 amide bonds. The molecule has 1 atom stereocenters. The molecule has 25 heavy (non-hydrogen) atoms. The molecule has 4 rings (SSSR count). The number of rotatable bonds is 3. The Kier molecular flexibility index (Phi) is 4.07. The SMILES string of the molecule is CC(C)(C)c1nc(CN2CCCC(c3nc4ccccc4o3)C2)no1. The number of likely N-dealkylation sites (tertiary alicyclic amines) is 1. The molecule has 1 unspecified atom stereocenters. The van der Waals surface area contributed by atoms with Crippen molar-refractivity contribution in [1.82, 2.24) is 20.0 Å². The fourth-order valence-electron chi connectivity index (χ4n) is 3.29. The summed E-state index contributed by atoms with van der Waals surface area (Å²) in [5.74, 6) is 2.60. The normalized spacial score (nSPS) is 19.6. The zero-order valence-electron chi connectivity index (χ0n) is 15.0. The van der Waals surface area contributed by atoms with Gasteiger partial charge in [-0.05, 0) is 31.5 Å². The first kappa shape index (κ1) is 16.3. The van der Waals surface area contributed by atoms with Gasteiger partial charge in [0, 0.05) is 17.9 Å². The minimum absolute atomic E-state index is 0.117. The molecule has 1 aromatic carbocycles. The number of piperidine rings is 1. The maximum absolute atomic E-state index is 5.97. The molecule has 6 heteroatoms. The van der Waals surface area contributed by atoms with Crippen LogP contribution in [-0.2, 0) is 12.0 Å². The van der Waals surface area contributed by atoms with Crippen LogP contribution in [0, 0.1) is 0 Å². The lowest BCUT2D eigenvalue weighted by atomic mass is 9.97. The second-order valence-corrected chi connectivity index (χ2v) is 7.86. The molecule has 0 aliphatic carbocycles. The Morgan fingerprint density at radius 2 is 2.04 bits per heavy atom. The molecule has 3 aromatic rings.